The molecule has 0 aromatic rings. The lowest BCUT2D eigenvalue weighted by atomic mass is 9.98. The Morgan fingerprint density at radius 2 is 1.32 bits per heavy atom. The second kappa shape index (κ2) is 13.5. The van der Waals surface area contributed by atoms with E-state index in [1.165, 1.54) is 0 Å². The number of likely N-dealkylation sites (N-methyl/N-ethyl adjacent to an activating group) is 1. The molecule has 25 heavy (non-hydrogen) atoms. The number of amides is 2. The quantitative estimate of drug-likeness (QED) is 0.400. The third-order valence-electron chi connectivity index (χ3n) is 3.87. The first-order chi connectivity index (χ1) is 11.8. The second-order valence-corrected chi connectivity index (χ2v) is 6.63. The molecular weight excluding hydrogens is 322 g/mol. The molecule has 0 radical (unpaired) electrons. The Hall–Kier alpha value is -1.76. The summed E-state index contributed by atoms with van der Waals surface area (Å²) >= 11 is 0. The van der Waals surface area contributed by atoms with Gasteiger partial charge in [0.05, 0.1) is 6.54 Å². The Bertz CT molecular complexity index is 450. The molecule has 0 rings (SSSR count). The maximum absolute atomic E-state index is 12.0. The molecule has 0 aliphatic heterocycles. The van der Waals surface area contributed by atoms with Crippen molar-refractivity contribution in [1.29, 1.82) is 0 Å². The first kappa shape index (κ1) is 23.2. The summed E-state index contributed by atoms with van der Waals surface area (Å²) in [6, 6.07) is 0. The van der Waals surface area contributed by atoms with Crippen molar-refractivity contribution < 1.29 is 19.2 Å². The van der Waals surface area contributed by atoms with Crippen molar-refractivity contribution in [2.45, 2.75) is 52.9 Å². The predicted octanol–water partition coefficient (Wildman–Crippen LogP) is 0.819. The number of hydrogen-bond donors (Lipinski definition) is 3. The molecule has 0 aromatic carbocycles. The number of Topliss-reactive ketones (excluding diaryl/α,β-unsaturated/α-hetero) is 2. The maximum atomic E-state index is 12.0. The van der Waals surface area contributed by atoms with Gasteiger partial charge in [-0.2, -0.15) is 0 Å². The molecule has 0 aliphatic carbocycles. The summed E-state index contributed by atoms with van der Waals surface area (Å²) < 4.78 is 0. The minimum absolute atomic E-state index is 0.0213. The van der Waals surface area contributed by atoms with Gasteiger partial charge in [-0.3, -0.25) is 19.2 Å². The fraction of sp³-hybridized carbons (Fsp3) is 0.778. The van der Waals surface area contributed by atoms with E-state index in [1.807, 2.05) is 13.8 Å². The van der Waals surface area contributed by atoms with Crippen LogP contribution in [0, 0.1) is 11.8 Å². The Morgan fingerprint density at radius 3 is 1.84 bits per heavy atom. The van der Waals surface area contributed by atoms with Crippen LogP contribution in [0.5, 0.6) is 0 Å². The summed E-state index contributed by atoms with van der Waals surface area (Å²) in [5, 5.41) is 8.21. The lowest BCUT2D eigenvalue weighted by molar-refractivity contribution is -0.128. The van der Waals surface area contributed by atoms with Crippen molar-refractivity contribution in [2.24, 2.45) is 11.8 Å². The number of carbonyl (C=O) groups is 4. The number of ketones is 2. The Balaban J connectivity index is 3.82. The zero-order valence-electron chi connectivity index (χ0n) is 15.9. The lowest BCUT2D eigenvalue weighted by Crippen LogP contribution is -2.33. The van der Waals surface area contributed by atoms with Crippen LogP contribution in [0.1, 0.15) is 52.9 Å². The monoisotopic (exact) mass is 355 g/mol. The van der Waals surface area contributed by atoms with Gasteiger partial charge in [-0.1, -0.05) is 20.8 Å². The molecule has 0 aromatic heterocycles. The zero-order valence-corrected chi connectivity index (χ0v) is 15.9. The zero-order chi connectivity index (χ0) is 19.2. The normalized spacial score (nSPS) is 11.9. The van der Waals surface area contributed by atoms with Crippen LogP contribution in [-0.4, -0.2) is 50.1 Å². The molecule has 0 fully saturated rings. The summed E-state index contributed by atoms with van der Waals surface area (Å²) in [6.07, 6.45) is 2.15. The average Bonchev–Trinajstić information content (AvgIpc) is 2.55. The number of hydrogen-bond acceptors (Lipinski definition) is 5. The first-order valence-corrected chi connectivity index (χ1v) is 9.01. The van der Waals surface area contributed by atoms with Gasteiger partial charge >= 0.3 is 0 Å². The highest BCUT2D eigenvalue weighted by molar-refractivity contribution is 5.87. The van der Waals surface area contributed by atoms with Crippen molar-refractivity contribution in [3.63, 3.8) is 0 Å². The van der Waals surface area contributed by atoms with E-state index in [2.05, 4.69) is 16.0 Å². The van der Waals surface area contributed by atoms with E-state index in [0.717, 1.165) is 0 Å². The predicted molar refractivity (Wildman–Crippen MR) is 97.0 cm³/mol. The highest BCUT2D eigenvalue weighted by Gasteiger charge is 2.16. The van der Waals surface area contributed by atoms with Crippen LogP contribution >= 0.6 is 0 Å². The van der Waals surface area contributed by atoms with E-state index in [1.54, 1.807) is 14.0 Å². The largest absolute Gasteiger partial charge is 0.356 e. The molecule has 7 nitrogen and oxygen atoms in total. The Kier molecular flexibility index (Phi) is 12.6. The fourth-order valence-electron chi connectivity index (χ4n) is 2.20. The summed E-state index contributed by atoms with van der Waals surface area (Å²) in [5.74, 6) is -0.368. The van der Waals surface area contributed by atoms with Gasteiger partial charge in [0.2, 0.25) is 11.8 Å². The molecule has 0 aliphatic rings. The Labute approximate surface area is 150 Å². The smallest absolute Gasteiger partial charge is 0.233 e. The molecule has 0 saturated carbocycles. The molecule has 7 heteroatoms. The van der Waals surface area contributed by atoms with Gasteiger partial charge in [-0.05, 0) is 19.9 Å². The van der Waals surface area contributed by atoms with Crippen molar-refractivity contribution in [2.75, 3.05) is 26.7 Å². The van der Waals surface area contributed by atoms with Gasteiger partial charge in [0.25, 0.3) is 0 Å². The SMILES string of the molecule is CNCC(=O)NCCCC(=O)C(C)CC(=O)NCCCC(=O)C(C)C. The molecule has 0 heterocycles. The third-order valence-corrected chi connectivity index (χ3v) is 3.87. The van der Waals surface area contributed by atoms with Crippen LogP contribution in [0.4, 0.5) is 0 Å². The van der Waals surface area contributed by atoms with Gasteiger partial charge in [-0.15, -0.1) is 0 Å². The molecule has 1 atom stereocenters. The topological polar surface area (TPSA) is 104 Å². The molecule has 144 valence electrons. The number of rotatable bonds is 14. The molecule has 1 unspecified atom stereocenters. The van der Waals surface area contributed by atoms with Gasteiger partial charge in [0, 0.05) is 44.2 Å². The van der Waals surface area contributed by atoms with Crippen molar-refractivity contribution in [1.82, 2.24) is 16.0 Å². The van der Waals surface area contributed by atoms with Crippen LogP contribution in [0.3, 0.4) is 0 Å². The van der Waals surface area contributed by atoms with Gasteiger partial charge in [-0.25, -0.2) is 0 Å². The van der Waals surface area contributed by atoms with E-state index >= 15 is 0 Å². The summed E-state index contributed by atoms with van der Waals surface area (Å²) in [7, 11) is 1.69. The molecule has 3 N–H and O–H groups in total. The van der Waals surface area contributed by atoms with E-state index < -0.39 is 0 Å². The van der Waals surface area contributed by atoms with Gasteiger partial charge in [0.15, 0.2) is 0 Å². The van der Waals surface area contributed by atoms with Crippen LogP contribution in [-0.2, 0) is 19.2 Å². The second-order valence-electron chi connectivity index (χ2n) is 6.63. The number of nitrogens with one attached hydrogen (secondary N) is 3. The fourth-order valence-corrected chi connectivity index (χ4v) is 2.20. The molecule has 0 bridgehead atoms. The van der Waals surface area contributed by atoms with Crippen LogP contribution in [0.25, 0.3) is 0 Å². The lowest BCUT2D eigenvalue weighted by Gasteiger charge is -2.11. The van der Waals surface area contributed by atoms with Gasteiger partial charge in [0.1, 0.15) is 11.6 Å². The van der Waals surface area contributed by atoms with Crippen molar-refractivity contribution in [3.8, 4) is 0 Å². The highest BCUT2D eigenvalue weighted by Crippen LogP contribution is 2.08. The first-order valence-electron chi connectivity index (χ1n) is 9.01. The minimum Gasteiger partial charge on any atom is -0.356 e. The average molecular weight is 355 g/mol. The molecule has 0 spiro atoms. The highest BCUT2D eigenvalue weighted by atomic mass is 16.2. The molecule has 2 amide bonds. The standard InChI is InChI=1S/C18H33N3O4/c1-13(2)15(22)7-5-9-20-17(24)11-14(3)16(23)8-6-10-21-18(25)12-19-4/h13-14,19H,5-12H2,1-4H3,(H,20,24)(H,21,25). The van der Waals surface area contributed by atoms with E-state index in [9.17, 15) is 19.2 Å². The van der Waals surface area contributed by atoms with E-state index in [-0.39, 0.29) is 48.2 Å². The number of carbonyl (C=O) groups excluding carboxylic acids is 4. The molecular formula is C18H33N3O4. The van der Waals surface area contributed by atoms with E-state index in [0.29, 0.717) is 38.8 Å². The maximum Gasteiger partial charge on any atom is 0.233 e. The molecule has 0 saturated heterocycles. The summed E-state index contributed by atoms with van der Waals surface area (Å²) in [4.78, 5) is 46.5. The third kappa shape index (κ3) is 12.3. The van der Waals surface area contributed by atoms with Crippen molar-refractivity contribution >= 4 is 23.4 Å². The van der Waals surface area contributed by atoms with E-state index in [4.69, 9.17) is 0 Å². The van der Waals surface area contributed by atoms with Crippen LogP contribution in [0.2, 0.25) is 0 Å². The summed E-state index contributed by atoms with van der Waals surface area (Å²) in [6.45, 7) is 6.63. The Morgan fingerprint density at radius 1 is 0.800 bits per heavy atom. The van der Waals surface area contributed by atoms with Crippen LogP contribution in [0.15, 0.2) is 0 Å². The summed E-state index contributed by atoms with van der Waals surface area (Å²) in [5.41, 5.74) is 0. The van der Waals surface area contributed by atoms with Gasteiger partial charge < -0.3 is 16.0 Å². The van der Waals surface area contributed by atoms with Crippen molar-refractivity contribution in [3.05, 3.63) is 0 Å². The minimum atomic E-state index is -0.342. The van der Waals surface area contributed by atoms with Crippen LogP contribution < -0.4 is 16.0 Å².